The van der Waals surface area contributed by atoms with Gasteiger partial charge in [0.2, 0.25) is 5.91 Å². The van der Waals surface area contributed by atoms with Crippen LogP contribution in [0, 0.1) is 5.92 Å². The number of rotatable bonds is 7. The minimum atomic E-state index is -0.401. The lowest BCUT2D eigenvalue weighted by molar-refractivity contribution is -0.122. The summed E-state index contributed by atoms with van der Waals surface area (Å²) in [6.07, 6.45) is 0. The van der Waals surface area contributed by atoms with Gasteiger partial charge >= 0.3 is 5.97 Å². The first-order chi connectivity index (χ1) is 12.5. The molecule has 3 aromatic heterocycles. The van der Waals surface area contributed by atoms with Crippen molar-refractivity contribution in [3.63, 3.8) is 0 Å². The topological polar surface area (TPSA) is 60.3 Å². The van der Waals surface area contributed by atoms with Crippen LogP contribution in [0.5, 0.6) is 0 Å². The summed E-state index contributed by atoms with van der Waals surface area (Å²) < 4.78 is 6.89. The van der Waals surface area contributed by atoms with Crippen molar-refractivity contribution < 1.29 is 14.3 Å². The fraction of sp³-hybridized carbons (Fsp3) is 0.368. The molecule has 5 nitrogen and oxygen atoms in total. The predicted octanol–water partition coefficient (Wildman–Crippen LogP) is 4.45. The Hall–Kier alpha value is -2.12. The second kappa shape index (κ2) is 8.05. The molecule has 3 heterocycles. The third-order valence-corrected chi connectivity index (χ3v) is 6.03. The molecule has 0 fully saturated rings. The van der Waals surface area contributed by atoms with E-state index in [1.165, 1.54) is 11.3 Å². The maximum absolute atomic E-state index is 12.7. The van der Waals surface area contributed by atoms with E-state index in [9.17, 15) is 9.59 Å². The van der Waals surface area contributed by atoms with Crippen LogP contribution in [0.15, 0.2) is 35.0 Å². The first-order valence-electron chi connectivity index (χ1n) is 8.57. The normalized spacial score (nSPS) is 12.5. The summed E-state index contributed by atoms with van der Waals surface area (Å²) in [5, 5.41) is 8.03. The lowest BCUT2D eigenvalue weighted by Crippen LogP contribution is -2.34. The van der Waals surface area contributed by atoms with E-state index in [0.29, 0.717) is 12.3 Å². The lowest BCUT2D eigenvalue weighted by atomic mass is 10.0. The molecule has 0 saturated heterocycles. The summed E-state index contributed by atoms with van der Waals surface area (Å²) in [7, 11) is 0. The van der Waals surface area contributed by atoms with Gasteiger partial charge in [-0.1, -0.05) is 19.9 Å². The zero-order valence-corrected chi connectivity index (χ0v) is 16.7. The maximum Gasteiger partial charge on any atom is 0.355 e. The molecular formula is C19H22N2O3S2. The molecule has 0 spiro atoms. The molecule has 0 aromatic carbocycles. The van der Waals surface area contributed by atoms with Crippen molar-refractivity contribution in [1.82, 2.24) is 9.88 Å². The van der Waals surface area contributed by atoms with E-state index in [1.54, 1.807) is 28.9 Å². The number of thiophene rings is 2. The maximum atomic E-state index is 12.7. The summed E-state index contributed by atoms with van der Waals surface area (Å²) >= 11 is 3.15. The van der Waals surface area contributed by atoms with E-state index in [0.717, 1.165) is 15.1 Å². The summed E-state index contributed by atoms with van der Waals surface area (Å²) in [5.41, 5.74) is 0.418. The Morgan fingerprint density at radius 3 is 2.69 bits per heavy atom. The molecule has 0 saturated carbocycles. The molecule has 0 bridgehead atoms. The van der Waals surface area contributed by atoms with E-state index in [-0.39, 0.29) is 24.4 Å². The van der Waals surface area contributed by atoms with Gasteiger partial charge in [-0.25, -0.2) is 4.79 Å². The standard InChI is InChI=1S/C19H22N2O3S2/c1-4-24-19(23)14-10-13-7-9-26-18(13)21(14)11-16(22)20-17(12(2)3)15-6-5-8-25-15/h5-10,12,17H,4,11H2,1-3H3,(H,20,22)/t17-/m1/s1. The summed E-state index contributed by atoms with van der Waals surface area (Å²) in [6.45, 7) is 6.34. The highest BCUT2D eigenvalue weighted by molar-refractivity contribution is 7.16. The molecule has 1 N–H and O–H groups in total. The Morgan fingerprint density at radius 2 is 2.04 bits per heavy atom. The number of amides is 1. The highest BCUT2D eigenvalue weighted by Gasteiger charge is 2.23. The van der Waals surface area contributed by atoms with Crippen LogP contribution in [0.1, 0.15) is 42.2 Å². The van der Waals surface area contributed by atoms with Gasteiger partial charge < -0.3 is 14.6 Å². The molecule has 138 valence electrons. The molecule has 1 amide bonds. The van der Waals surface area contributed by atoms with E-state index in [2.05, 4.69) is 19.2 Å². The van der Waals surface area contributed by atoms with Crippen molar-refractivity contribution in [2.75, 3.05) is 6.61 Å². The first-order valence-corrected chi connectivity index (χ1v) is 10.3. The van der Waals surface area contributed by atoms with Crippen LogP contribution in [-0.4, -0.2) is 23.1 Å². The number of hydrogen-bond acceptors (Lipinski definition) is 5. The van der Waals surface area contributed by atoms with Gasteiger partial charge in [0, 0.05) is 10.3 Å². The third kappa shape index (κ3) is 3.83. The fourth-order valence-electron chi connectivity index (χ4n) is 2.90. The predicted molar refractivity (Wildman–Crippen MR) is 106 cm³/mol. The molecule has 1 atom stereocenters. The molecule has 3 aromatic rings. The minimum absolute atomic E-state index is 0.0390. The van der Waals surface area contributed by atoms with E-state index < -0.39 is 5.97 Å². The van der Waals surface area contributed by atoms with Crippen molar-refractivity contribution in [3.8, 4) is 0 Å². The Bertz CT molecular complexity index is 893. The number of fused-ring (bicyclic) bond motifs is 1. The van der Waals surface area contributed by atoms with Gasteiger partial charge in [-0.3, -0.25) is 4.79 Å². The number of ether oxygens (including phenoxy) is 1. The Balaban J connectivity index is 1.83. The monoisotopic (exact) mass is 390 g/mol. The lowest BCUT2D eigenvalue weighted by Gasteiger charge is -2.21. The second-order valence-electron chi connectivity index (χ2n) is 6.32. The fourth-order valence-corrected chi connectivity index (χ4v) is 4.75. The van der Waals surface area contributed by atoms with Crippen LogP contribution in [0.3, 0.4) is 0 Å². The molecule has 7 heteroatoms. The smallest absolute Gasteiger partial charge is 0.355 e. The van der Waals surface area contributed by atoms with Gasteiger partial charge in [0.25, 0.3) is 0 Å². The van der Waals surface area contributed by atoms with Gasteiger partial charge in [-0.2, -0.15) is 0 Å². The van der Waals surface area contributed by atoms with Crippen LogP contribution >= 0.6 is 22.7 Å². The van der Waals surface area contributed by atoms with Crippen molar-refractivity contribution in [1.29, 1.82) is 0 Å². The minimum Gasteiger partial charge on any atom is -0.461 e. The van der Waals surface area contributed by atoms with Gasteiger partial charge in [-0.05, 0) is 41.8 Å². The highest BCUT2D eigenvalue weighted by Crippen LogP contribution is 2.28. The van der Waals surface area contributed by atoms with E-state index in [1.807, 2.05) is 29.0 Å². The Labute approximate surface area is 160 Å². The number of carbonyl (C=O) groups excluding carboxylic acids is 2. The van der Waals surface area contributed by atoms with Crippen LogP contribution in [0.4, 0.5) is 0 Å². The van der Waals surface area contributed by atoms with E-state index >= 15 is 0 Å². The average Bonchev–Trinajstić information content (AvgIpc) is 3.31. The first kappa shape index (κ1) is 18.7. The van der Waals surface area contributed by atoms with Crippen LogP contribution in [0.25, 0.3) is 10.2 Å². The number of aromatic nitrogens is 1. The van der Waals surface area contributed by atoms with Gasteiger partial charge in [0.1, 0.15) is 17.1 Å². The molecular weight excluding hydrogens is 368 g/mol. The number of esters is 1. The zero-order chi connectivity index (χ0) is 18.7. The van der Waals surface area contributed by atoms with Gasteiger partial charge in [0.05, 0.1) is 12.6 Å². The van der Waals surface area contributed by atoms with Crippen molar-refractivity contribution >= 4 is 44.8 Å². The molecule has 0 aliphatic carbocycles. The third-order valence-electron chi connectivity index (χ3n) is 4.12. The molecule has 0 aliphatic rings. The Morgan fingerprint density at radius 1 is 1.23 bits per heavy atom. The number of nitrogens with one attached hydrogen (secondary N) is 1. The SMILES string of the molecule is CCOC(=O)c1cc2ccsc2n1CC(=O)N[C@@H](c1cccs1)C(C)C. The Kier molecular flexibility index (Phi) is 5.78. The number of hydrogen-bond donors (Lipinski definition) is 1. The molecule has 0 radical (unpaired) electrons. The second-order valence-corrected chi connectivity index (χ2v) is 8.20. The van der Waals surface area contributed by atoms with Crippen molar-refractivity contribution in [3.05, 3.63) is 45.6 Å². The molecule has 0 aliphatic heterocycles. The number of nitrogens with zero attached hydrogens (tertiary/aromatic N) is 1. The van der Waals surface area contributed by atoms with Crippen LogP contribution in [-0.2, 0) is 16.1 Å². The van der Waals surface area contributed by atoms with E-state index in [4.69, 9.17) is 4.74 Å². The summed E-state index contributed by atoms with van der Waals surface area (Å²) in [5.74, 6) is -0.246. The van der Waals surface area contributed by atoms with Crippen molar-refractivity contribution in [2.45, 2.75) is 33.4 Å². The highest BCUT2D eigenvalue weighted by atomic mass is 32.1. The molecule has 26 heavy (non-hydrogen) atoms. The summed E-state index contributed by atoms with van der Waals surface area (Å²) in [6, 6.07) is 7.72. The quantitative estimate of drug-likeness (QED) is 0.606. The van der Waals surface area contributed by atoms with Gasteiger partial charge in [0.15, 0.2) is 0 Å². The summed E-state index contributed by atoms with van der Waals surface area (Å²) in [4.78, 5) is 27.0. The number of carbonyl (C=O) groups is 2. The largest absolute Gasteiger partial charge is 0.461 e. The van der Waals surface area contributed by atoms with Gasteiger partial charge in [-0.15, -0.1) is 22.7 Å². The molecule has 0 unspecified atom stereocenters. The van der Waals surface area contributed by atoms with Crippen molar-refractivity contribution in [2.24, 2.45) is 5.92 Å². The average molecular weight is 391 g/mol. The van der Waals surface area contributed by atoms with Crippen LogP contribution < -0.4 is 5.32 Å². The van der Waals surface area contributed by atoms with Crippen LogP contribution in [0.2, 0.25) is 0 Å². The zero-order valence-electron chi connectivity index (χ0n) is 15.0. The molecule has 3 rings (SSSR count).